The first-order valence-electron chi connectivity index (χ1n) is 2.93. The van der Waals surface area contributed by atoms with Crippen molar-refractivity contribution in [1.29, 1.82) is 0 Å². The first kappa shape index (κ1) is 6.74. The van der Waals surface area contributed by atoms with E-state index in [4.69, 9.17) is 0 Å². The Morgan fingerprint density at radius 3 is 3.00 bits per heavy atom. The van der Waals surface area contributed by atoms with Crippen molar-refractivity contribution in [1.82, 2.24) is 4.98 Å². The lowest BCUT2D eigenvalue weighted by Gasteiger charge is -1.87. The molecule has 1 aromatic heterocycles. The minimum absolute atomic E-state index is 0.177. The van der Waals surface area contributed by atoms with Gasteiger partial charge in [-0.15, -0.1) is 0 Å². The lowest BCUT2D eigenvalue weighted by atomic mass is 10.2. The van der Waals surface area contributed by atoms with E-state index in [9.17, 15) is 9.59 Å². The van der Waals surface area contributed by atoms with Gasteiger partial charge in [-0.2, -0.15) is 0 Å². The molecular weight excluding hydrogens is 130 g/mol. The summed E-state index contributed by atoms with van der Waals surface area (Å²) in [5.74, 6) is -0.401. The Balaban J connectivity index is 2.56. The van der Waals surface area contributed by atoms with Gasteiger partial charge in [-0.25, -0.2) is 0 Å². The molecule has 0 aliphatic rings. The number of nitrogens with one attached hydrogen (secondary N) is 1. The molecule has 0 amide bonds. The standard InChI is InChI=1S/C7H7NO2/c9-5-7(10)4-6-2-1-3-8-6/h1-3,5,8H,4H2. The second-order valence-corrected chi connectivity index (χ2v) is 1.96. The van der Waals surface area contributed by atoms with Crippen molar-refractivity contribution >= 4 is 12.1 Å². The summed E-state index contributed by atoms with van der Waals surface area (Å²) in [5.41, 5.74) is 0.775. The van der Waals surface area contributed by atoms with Crippen LogP contribution < -0.4 is 0 Å². The van der Waals surface area contributed by atoms with Crippen LogP contribution in [0.5, 0.6) is 0 Å². The highest BCUT2D eigenvalue weighted by Crippen LogP contribution is 1.94. The molecule has 0 aliphatic heterocycles. The first-order valence-corrected chi connectivity index (χ1v) is 2.93. The molecule has 3 heteroatoms. The summed E-state index contributed by atoms with van der Waals surface area (Å²) in [4.78, 5) is 23.2. The fourth-order valence-electron chi connectivity index (χ4n) is 0.707. The Morgan fingerprint density at radius 2 is 2.50 bits per heavy atom. The Labute approximate surface area is 58.1 Å². The molecule has 1 aromatic rings. The zero-order chi connectivity index (χ0) is 7.40. The van der Waals surface area contributed by atoms with Gasteiger partial charge in [0.2, 0.25) is 5.78 Å². The third-order valence-electron chi connectivity index (χ3n) is 1.16. The molecule has 0 saturated heterocycles. The largest absolute Gasteiger partial charge is 0.365 e. The summed E-state index contributed by atoms with van der Waals surface area (Å²) in [7, 11) is 0. The predicted octanol–water partition coefficient (Wildman–Crippen LogP) is 0.325. The number of aromatic nitrogens is 1. The summed E-state index contributed by atoms with van der Waals surface area (Å²) in [6, 6.07) is 3.55. The zero-order valence-electron chi connectivity index (χ0n) is 5.33. The van der Waals surface area contributed by atoms with Crippen LogP contribution in [0.3, 0.4) is 0 Å². The number of H-pyrrole nitrogens is 1. The molecule has 0 radical (unpaired) electrons. The zero-order valence-corrected chi connectivity index (χ0v) is 5.33. The van der Waals surface area contributed by atoms with Crippen LogP contribution in [0.25, 0.3) is 0 Å². The molecule has 0 unspecified atom stereocenters. The maximum absolute atomic E-state index is 10.5. The molecule has 52 valence electrons. The molecule has 1 N–H and O–H groups in total. The average molecular weight is 137 g/mol. The van der Waals surface area contributed by atoms with Crippen LogP contribution in [0.15, 0.2) is 18.3 Å². The molecule has 3 nitrogen and oxygen atoms in total. The molecule has 0 saturated carbocycles. The van der Waals surface area contributed by atoms with E-state index >= 15 is 0 Å². The summed E-state index contributed by atoms with van der Waals surface area (Å²) >= 11 is 0. The van der Waals surface area contributed by atoms with Crippen molar-refractivity contribution in [2.24, 2.45) is 0 Å². The highest BCUT2D eigenvalue weighted by molar-refractivity contribution is 6.25. The third-order valence-corrected chi connectivity index (χ3v) is 1.16. The number of carbonyl (C=O) groups excluding carboxylic acids is 2. The van der Waals surface area contributed by atoms with Gasteiger partial charge in [0.25, 0.3) is 0 Å². The fourth-order valence-corrected chi connectivity index (χ4v) is 0.707. The number of hydrogen-bond donors (Lipinski definition) is 1. The monoisotopic (exact) mass is 137 g/mol. The van der Waals surface area contributed by atoms with Crippen molar-refractivity contribution in [3.8, 4) is 0 Å². The van der Waals surface area contributed by atoms with Gasteiger partial charge in [0.1, 0.15) is 0 Å². The van der Waals surface area contributed by atoms with E-state index in [1.54, 1.807) is 18.3 Å². The van der Waals surface area contributed by atoms with Crippen molar-refractivity contribution < 1.29 is 9.59 Å². The van der Waals surface area contributed by atoms with Crippen molar-refractivity contribution in [3.63, 3.8) is 0 Å². The average Bonchev–Trinajstić information content (AvgIpc) is 2.40. The molecule has 0 aromatic carbocycles. The number of rotatable bonds is 3. The van der Waals surface area contributed by atoms with E-state index in [0.717, 1.165) is 5.69 Å². The smallest absolute Gasteiger partial charge is 0.201 e. The van der Waals surface area contributed by atoms with Crippen LogP contribution in [0.1, 0.15) is 5.69 Å². The molecular formula is C7H7NO2. The van der Waals surface area contributed by atoms with E-state index < -0.39 is 5.78 Å². The predicted molar refractivity (Wildman–Crippen MR) is 35.6 cm³/mol. The molecule has 1 heterocycles. The molecule has 0 atom stereocenters. The van der Waals surface area contributed by atoms with Gasteiger partial charge < -0.3 is 4.98 Å². The first-order chi connectivity index (χ1) is 4.83. The summed E-state index contributed by atoms with van der Waals surface area (Å²) < 4.78 is 0. The lowest BCUT2D eigenvalue weighted by Crippen LogP contribution is -2.02. The van der Waals surface area contributed by atoms with Crippen LogP contribution in [-0.2, 0) is 16.0 Å². The second-order valence-electron chi connectivity index (χ2n) is 1.96. The molecule has 1 rings (SSSR count). The van der Waals surface area contributed by atoms with E-state index in [-0.39, 0.29) is 6.42 Å². The normalized spacial score (nSPS) is 9.20. The van der Waals surface area contributed by atoms with E-state index in [0.29, 0.717) is 6.29 Å². The van der Waals surface area contributed by atoms with Gasteiger partial charge in [0, 0.05) is 11.9 Å². The maximum atomic E-state index is 10.5. The topological polar surface area (TPSA) is 49.9 Å². The Bertz CT molecular complexity index is 226. The summed E-state index contributed by atoms with van der Waals surface area (Å²) in [5, 5.41) is 0. The molecule has 0 bridgehead atoms. The number of ketones is 1. The number of aldehydes is 1. The van der Waals surface area contributed by atoms with Gasteiger partial charge >= 0.3 is 0 Å². The Morgan fingerprint density at radius 1 is 1.70 bits per heavy atom. The minimum atomic E-state index is -0.401. The van der Waals surface area contributed by atoms with E-state index in [1.165, 1.54) is 0 Å². The lowest BCUT2D eigenvalue weighted by molar-refractivity contribution is -0.129. The van der Waals surface area contributed by atoms with Gasteiger partial charge in [0.15, 0.2) is 6.29 Å². The van der Waals surface area contributed by atoms with Crippen LogP contribution in [0, 0.1) is 0 Å². The van der Waals surface area contributed by atoms with Gasteiger partial charge in [0.05, 0.1) is 6.42 Å². The molecule has 0 fully saturated rings. The Hall–Kier alpha value is -1.38. The number of aromatic amines is 1. The van der Waals surface area contributed by atoms with Gasteiger partial charge in [-0.05, 0) is 12.1 Å². The number of hydrogen-bond acceptors (Lipinski definition) is 2. The van der Waals surface area contributed by atoms with E-state index in [2.05, 4.69) is 4.98 Å². The second kappa shape index (κ2) is 2.96. The summed E-state index contributed by atoms with van der Waals surface area (Å²) in [6.07, 6.45) is 2.23. The fraction of sp³-hybridized carbons (Fsp3) is 0.143. The highest BCUT2D eigenvalue weighted by atomic mass is 16.2. The van der Waals surface area contributed by atoms with Crippen molar-refractivity contribution in [3.05, 3.63) is 24.0 Å². The van der Waals surface area contributed by atoms with Crippen LogP contribution in [0.4, 0.5) is 0 Å². The van der Waals surface area contributed by atoms with Gasteiger partial charge in [-0.1, -0.05) is 0 Å². The Kier molecular flexibility index (Phi) is 1.99. The number of carbonyl (C=O) groups is 2. The molecule has 10 heavy (non-hydrogen) atoms. The van der Waals surface area contributed by atoms with Crippen molar-refractivity contribution in [2.75, 3.05) is 0 Å². The minimum Gasteiger partial charge on any atom is -0.365 e. The highest BCUT2D eigenvalue weighted by Gasteiger charge is 2.00. The number of Topliss-reactive ketones (excluding diaryl/α,β-unsaturated/α-hetero) is 1. The third kappa shape index (κ3) is 1.55. The quantitative estimate of drug-likeness (QED) is 0.482. The van der Waals surface area contributed by atoms with Crippen LogP contribution in [0.2, 0.25) is 0 Å². The van der Waals surface area contributed by atoms with Crippen LogP contribution in [-0.4, -0.2) is 17.1 Å². The molecule has 0 aliphatic carbocycles. The SMILES string of the molecule is O=CC(=O)Cc1ccc[nH]1. The summed E-state index contributed by atoms with van der Waals surface area (Å²) in [6.45, 7) is 0. The van der Waals surface area contributed by atoms with Crippen molar-refractivity contribution in [2.45, 2.75) is 6.42 Å². The maximum Gasteiger partial charge on any atom is 0.201 e. The van der Waals surface area contributed by atoms with Gasteiger partial charge in [-0.3, -0.25) is 9.59 Å². The van der Waals surface area contributed by atoms with Crippen LogP contribution >= 0.6 is 0 Å². The van der Waals surface area contributed by atoms with E-state index in [1.807, 2.05) is 0 Å². The molecule has 0 spiro atoms.